The summed E-state index contributed by atoms with van der Waals surface area (Å²) in [5, 5.41) is 12.3. The van der Waals surface area contributed by atoms with Crippen LogP contribution in [0.1, 0.15) is 43.6 Å². The van der Waals surface area contributed by atoms with Gasteiger partial charge in [0, 0.05) is 18.7 Å². The fourth-order valence-electron chi connectivity index (χ4n) is 3.12. The number of aromatic hydroxyl groups is 1. The van der Waals surface area contributed by atoms with Crippen molar-refractivity contribution in [3.63, 3.8) is 0 Å². The van der Waals surface area contributed by atoms with E-state index in [1.807, 2.05) is 6.92 Å². The first kappa shape index (κ1) is 26.8. The van der Waals surface area contributed by atoms with Crippen LogP contribution in [0.3, 0.4) is 0 Å². The SMILES string of the molecule is CC#CCOc1c(CC)cc(S(=O)(=O)N(CC)CC)cc1NC(=O)c1cc(Cl)c(O)c(Cl)c1. The van der Waals surface area contributed by atoms with Gasteiger partial charge < -0.3 is 15.2 Å². The zero-order chi connectivity index (χ0) is 24.8. The van der Waals surface area contributed by atoms with Gasteiger partial charge in [0.05, 0.1) is 20.6 Å². The molecule has 0 spiro atoms. The van der Waals surface area contributed by atoms with E-state index in [-0.39, 0.29) is 38.5 Å². The Morgan fingerprint density at radius 3 is 2.24 bits per heavy atom. The number of anilines is 1. The number of nitrogens with zero attached hydrogens (tertiary/aromatic N) is 1. The fourth-order valence-corrected chi connectivity index (χ4v) is 5.14. The third-order valence-electron chi connectivity index (χ3n) is 4.86. The third-order valence-corrected chi connectivity index (χ3v) is 7.46. The van der Waals surface area contributed by atoms with Crippen LogP contribution in [0.4, 0.5) is 5.69 Å². The number of hydrogen-bond donors (Lipinski definition) is 2. The highest BCUT2D eigenvalue weighted by Gasteiger charge is 2.26. The molecule has 2 rings (SSSR count). The number of ether oxygens (including phenoxy) is 1. The Hall–Kier alpha value is -2.44. The quantitative estimate of drug-likeness (QED) is 0.463. The molecule has 0 bridgehead atoms. The lowest BCUT2D eigenvalue weighted by atomic mass is 10.1. The zero-order valence-electron chi connectivity index (χ0n) is 18.8. The zero-order valence-corrected chi connectivity index (χ0v) is 21.2. The molecule has 0 saturated carbocycles. The first-order valence-corrected chi connectivity index (χ1v) is 12.5. The maximum atomic E-state index is 13.2. The number of halogens is 2. The summed E-state index contributed by atoms with van der Waals surface area (Å²) < 4.78 is 33.4. The van der Waals surface area contributed by atoms with Crippen LogP contribution < -0.4 is 10.1 Å². The van der Waals surface area contributed by atoms with Crippen molar-refractivity contribution in [1.82, 2.24) is 4.31 Å². The molecule has 0 atom stereocenters. The molecule has 2 aromatic carbocycles. The number of hydrogen-bond acceptors (Lipinski definition) is 5. The molecule has 0 aliphatic rings. The Bertz CT molecular complexity index is 1180. The molecule has 0 aromatic heterocycles. The number of carbonyl (C=O) groups excluding carboxylic acids is 1. The largest absolute Gasteiger partial charge is 0.505 e. The van der Waals surface area contributed by atoms with Gasteiger partial charge in [0.15, 0.2) is 5.75 Å². The molecule has 0 aliphatic carbocycles. The first-order valence-electron chi connectivity index (χ1n) is 10.3. The molecule has 0 aliphatic heterocycles. The lowest BCUT2D eigenvalue weighted by molar-refractivity contribution is 0.102. The Kier molecular flexibility index (Phi) is 9.44. The second kappa shape index (κ2) is 11.6. The second-order valence-electron chi connectivity index (χ2n) is 6.86. The molecule has 2 N–H and O–H groups in total. The van der Waals surface area contributed by atoms with Crippen LogP contribution in [-0.2, 0) is 16.4 Å². The van der Waals surface area contributed by atoms with Gasteiger partial charge in [0.2, 0.25) is 10.0 Å². The summed E-state index contributed by atoms with van der Waals surface area (Å²) in [6.45, 7) is 7.70. The number of phenolic OH excluding ortho intramolecular Hbond substituents is 1. The predicted molar refractivity (Wildman–Crippen MR) is 131 cm³/mol. The lowest BCUT2D eigenvalue weighted by Crippen LogP contribution is -2.30. The summed E-state index contributed by atoms with van der Waals surface area (Å²) in [6.07, 6.45) is 0.455. The topological polar surface area (TPSA) is 95.9 Å². The van der Waals surface area contributed by atoms with Gasteiger partial charge in [-0.05, 0) is 43.2 Å². The van der Waals surface area contributed by atoms with Crippen molar-refractivity contribution in [2.75, 3.05) is 25.0 Å². The van der Waals surface area contributed by atoms with Crippen LogP contribution in [0, 0.1) is 11.8 Å². The molecule has 0 saturated heterocycles. The van der Waals surface area contributed by atoms with Gasteiger partial charge >= 0.3 is 0 Å². The van der Waals surface area contributed by atoms with Crippen molar-refractivity contribution < 1.29 is 23.1 Å². The number of aryl methyl sites for hydroxylation is 1. The lowest BCUT2D eigenvalue weighted by Gasteiger charge is -2.21. The molecular weight excluding hydrogens is 487 g/mol. The van der Waals surface area contributed by atoms with E-state index < -0.39 is 15.9 Å². The van der Waals surface area contributed by atoms with Gasteiger partial charge in [0.1, 0.15) is 12.4 Å². The van der Waals surface area contributed by atoms with Gasteiger partial charge in [-0.1, -0.05) is 49.9 Å². The van der Waals surface area contributed by atoms with Gasteiger partial charge in [-0.2, -0.15) is 4.31 Å². The van der Waals surface area contributed by atoms with E-state index in [2.05, 4.69) is 17.2 Å². The minimum absolute atomic E-state index is 0.0362. The highest BCUT2D eigenvalue weighted by molar-refractivity contribution is 7.89. The summed E-state index contributed by atoms with van der Waals surface area (Å²) in [5.41, 5.74) is 0.846. The van der Waals surface area contributed by atoms with Crippen molar-refractivity contribution >= 4 is 44.8 Å². The van der Waals surface area contributed by atoms with E-state index in [0.717, 1.165) is 0 Å². The fraction of sp³-hybridized carbons (Fsp3) is 0.348. The van der Waals surface area contributed by atoms with E-state index in [9.17, 15) is 18.3 Å². The van der Waals surface area contributed by atoms with Gasteiger partial charge in [-0.15, -0.1) is 5.92 Å². The number of sulfonamides is 1. The van der Waals surface area contributed by atoms with Gasteiger partial charge in [-0.25, -0.2) is 8.42 Å². The number of rotatable bonds is 9. The van der Waals surface area contributed by atoms with Crippen molar-refractivity contribution in [2.45, 2.75) is 39.0 Å². The van der Waals surface area contributed by atoms with E-state index >= 15 is 0 Å². The Balaban J connectivity index is 2.63. The van der Waals surface area contributed by atoms with Gasteiger partial charge in [-0.3, -0.25) is 4.79 Å². The molecule has 0 heterocycles. The highest BCUT2D eigenvalue weighted by atomic mass is 35.5. The van der Waals surface area contributed by atoms with Gasteiger partial charge in [0.25, 0.3) is 5.91 Å². The molecule has 7 nitrogen and oxygen atoms in total. The molecule has 33 heavy (non-hydrogen) atoms. The first-order chi connectivity index (χ1) is 15.6. The minimum Gasteiger partial charge on any atom is -0.505 e. The molecule has 10 heteroatoms. The molecule has 0 unspecified atom stereocenters. The summed E-state index contributed by atoms with van der Waals surface area (Å²) >= 11 is 11.9. The summed E-state index contributed by atoms with van der Waals surface area (Å²) in [4.78, 5) is 13.0. The Morgan fingerprint density at radius 2 is 1.73 bits per heavy atom. The van der Waals surface area contributed by atoms with Crippen LogP contribution >= 0.6 is 23.2 Å². The smallest absolute Gasteiger partial charge is 0.255 e. The van der Waals surface area contributed by atoms with Crippen LogP contribution in [0.25, 0.3) is 0 Å². The molecular formula is C23H26Cl2N2O5S. The van der Waals surface area contributed by atoms with Crippen LogP contribution in [0.5, 0.6) is 11.5 Å². The molecule has 178 valence electrons. The number of benzene rings is 2. The average molecular weight is 513 g/mol. The van der Waals surface area contributed by atoms with E-state index in [0.29, 0.717) is 30.8 Å². The molecule has 0 fully saturated rings. The minimum atomic E-state index is -3.79. The van der Waals surface area contributed by atoms with Crippen LogP contribution in [-0.4, -0.2) is 43.4 Å². The summed E-state index contributed by atoms with van der Waals surface area (Å²) in [7, 11) is -3.79. The Morgan fingerprint density at radius 1 is 1.12 bits per heavy atom. The summed E-state index contributed by atoms with van der Waals surface area (Å²) in [6, 6.07) is 5.44. The molecule has 1 amide bonds. The number of phenols is 1. The van der Waals surface area contributed by atoms with Crippen LogP contribution in [0.15, 0.2) is 29.2 Å². The van der Waals surface area contributed by atoms with Crippen molar-refractivity contribution in [3.8, 4) is 23.3 Å². The van der Waals surface area contributed by atoms with E-state index in [1.165, 1.54) is 22.5 Å². The monoisotopic (exact) mass is 512 g/mol. The maximum Gasteiger partial charge on any atom is 0.255 e. The third kappa shape index (κ3) is 6.12. The number of carbonyl (C=O) groups is 1. The van der Waals surface area contributed by atoms with Crippen molar-refractivity contribution in [3.05, 3.63) is 45.4 Å². The molecule has 2 aromatic rings. The molecule has 0 radical (unpaired) electrons. The number of nitrogens with one attached hydrogen (secondary N) is 1. The maximum absolute atomic E-state index is 13.2. The number of amides is 1. The second-order valence-corrected chi connectivity index (χ2v) is 9.61. The predicted octanol–water partition coefficient (Wildman–Crippen LogP) is 4.95. The van der Waals surface area contributed by atoms with Crippen molar-refractivity contribution in [1.29, 1.82) is 0 Å². The van der Waals surface area contributed by atoms with E-state index in [1.54, 1.807) is 26.8 Å². The van der Waals surface area contributed by atoms with Crippen molar-refractivity contribution in [2.24, 2.45) is 0 Å². The Labute approximate surface area is 204 Å². The average Bonchev–Trinajstić information content (AvgIpc) is 2.78. The highest BCUT2D eigenvalue weighted by Crippen LogP contribution is 2.36. The standard InChI is InChI=1S/C23H26Cl2N2O5S/c1-5-9-10-32-22-15(6-2)11-17(33(30,31)27(7-3)8-4)14-20(22)26-23(29)16-12-18(24)21(28)19(25)13-16/h11-14,28H,6-8,10H2,1-4H3,(H,26,29). The van der Waals surface area contributed by atoms with Crippen LogP contribution in [0.2, 0.25) is 10.0 Å². The normalized spacial score (nSPS) is 11.1. The van der Waals surface area contributed by atoms with E-state index in [4.69, 9.17) is 27.9 Å². The summed E-state index contributed by atoms with van der Waals surface area (Å²) in [5.74, 6) is 4.90.